The van der Waals surface area contributed by atoms with E-state index >= 15 is 0 Å². The molecule has 1 N–H and O–H groups in total. The fraction of sp³-hybridized carbons (Fsp3) is 0.708. The summed E-state index contributed by atoms with van der Waals surface area (Å²) in [7, 11) is 1.68. The second-order valence-corrected chi connectivity index (χ2v) is 9.85. The molecular formula is C24H33NO4. The zero-order valence-corrected chi connectivity index (χ0v) is 17.8. The second kappa shape index (κ2) is 6.98. The van der Waals surface area contributed by atoms with Crippen molar-refractivity contribution in [1.82, 2.24) is 5.32 Å². The van der Waals surface area contributed by atoms with Gasteiger partial charge in [0, 0.05) is 17.9 Å². The number of rotatable bonds is 6. The van der Waals surface area contributed by atoms with Gasteiger partial charge in [0.15, 0.2) is 0 Å². The molecule has 0 amide bonds. The van der Waals surface area contributed by atoms with Gasteiger partial charge in [-0.3, -0.25) is 4.79 Å². The van der Waals surface area contributed by atoms with Gasteiger partial charge in [0.2, 0.25) is 0 Å². The molecule has 0 radical (unpaired) electrons. The van der Waals surface area contributed by atoms with Crippen LogP contribution >= 0.6 is 0 Å². The average molecular weight is 400 g/mol. The quantitative estimate of drug-likeness (QED) is 0.452. The van der Waals surface area contributed by atoms with Crippen LogP contribution in [0.4, 0.5) is 0 Å². The molecule has 1 aromatic carbocycles. The molecule has 4 fully saturated rings. The van der Waals surface area contributed by atoms with Gasteiger partial charge in [-0.25, -0.2) is 0 Å². The molecule has 0 unspecified atom stereocenters. The third-order valence-electron chi connectivity index (χ3n) is 8.31. The normalized spacial score (nSPS) is 42.4. The Morgan fingerprint density at radius 1 is 1.28 bits per heavy atom. The summed E-state index contributed by atoms with van der Waals surface area (Å²) < 4.78 is 17.6. The van der Waals surface area contributed by atoms with Crippen molar-refractivity contribution in [3.05, 3.63) is 29.8 Å². The number of carbonyl (C=O) groups excluding carboxylic acids is 1. The zero-order valence-electron chi connectivity index (χ0n) is 17.8. The lowest BCUT2D eigenvalue weighted by Gasteiger charge is -2.48. The summed E-state index contributed by atoms with van der Waals surface area (Å²) in [5, 5.41) is 3.51. The Hall–Kier alpha value is -1.59. The molecule has 5 rings (SSSR count). The van der Waals surface area contributed by atoms with Crippen LogP contribution in [0.15, 0.2) is 24.3 Å². The number of methoxy groups -OCH3 is 1. The maximum atomic E-state index is 12.7. The lowest BCUT2D eigenvalue weighted by atomic mass is 9.53. The van der Waals surface area contributed by atoms with Crippen LogP contribution in [0, 0.1) is 23.2 Å². The molecule has 4 aliphatic rings. The highest BCUT2D eigenvalue weighted by Crippen LogP contribution is 2.70. The molecule has 2 aliphatic heterocycles. The first-order chi connectivity index (χ1) is 14.0. The topological polar surface area (TPSA) is 60.1 Å². The van der Waals surface area contributed by atoms with E-state index in [1.165, 1.54) is 24.8 Å². The lowest BCUT2D eigenvalue weighted by Crippen LogP contribution is -2.54. The Bertz CT molecular complexity index is 780. The number of nitrogens with one attached hydrogen (secondary N) is 1. The number of carbonyl (C=O) groups is 1. The van der Waals surface area contributed by atoms with E-state index in [0.717, 1.165) is 25.1 Å². The first kappa shape index (κ1) is 19.4. The monoisotopic (exact) mass is 399 g/mol. The molecule has 2 heterocycles. The summed E-state index contributed by atoms with van der Waals surface area (Å²) in [5.41, 5.74) is 1.41. The average Bonchev–Trinajstić information content (AvgIpc) is 3.39. The summed E-state index contributed by atoms with van der Waals surface area (Å²) in [6.07, 6.45) is 5.82. The van der Waals surface area contributed by atoms with Crippen LogP contribution in [0.2, 0.25) is 0 Å². The molecule has 7 atom stereocenters. The minimum absolute atomic E-state index is 0.0122. The highest BCUT2D eigenvalue weighted by atomic mass is 16.6. The maximum absolute atomic E-state index is 12.7. The smallest absolute Gasteiger partial charge is 0.311 e. The van der Waals surface area contributed by atoms with Crippen LogP contribution in [0.5, 0.6) is 5.75 Å². The third kappa shape index (κ3) is 2.92. The van der Waals surface area contributed by atoms with E-state index in [-0.39, 0.29) is 41.0 Å². The number of esters is 1. The molecule has 158 valence electrons. The number of ether oxygens (including phenoxy) is 3. The van der Waals surface area contributed by atoms with Crippen LogP contribution in [0.1, 0.15) is 45.1 Å². The van der Waals surface area contributed by atoms with Crippen molar-refractivity contribution >= 4 is 5.97 Å². The zero-order chi connectivity index (χ0) is 20.2. The first-order valence-electron chi connectivity index (χ1n) is 11.2. The largest absolute Gasteiger partial charge is 0.497 e. The van der Waals surface area contributed by atoms with E-state index in [9.17, 15) is 4.79 Å². The number of hydrogen-bond acceptors (Lipinski definition) is 5. The van der Waals surface area contributed by atoms with Crippen molar-refractivity contribution in [2.24, 2.45) is 23.2 Å². The van der Waals surface area contributed by atoms with E-state index in [4.69, 9.17) is 14.2 Å². The van der Waals surface area contributed by atoms with Crippen molar-refractivity contribution in [3.63, 3.8) is 0 Å². The van der Waals surface area contributed by atoms with Crippen LogP contribution in [0.3, 0.4) is 0 Å². The summed E-state index contributed by atoms with van der Waals surface area (Å²) in [6.45, 7) is 6.24. The summed E-state index contributed by atoms with van der Waals surface area (Å²) in [6, 6.07) is 8.16. The van der Waals surface area contributed by atoms with E-state index < -0.39 is 0 Å². The van der Waals surface area contributed by atoms with E-state index in [0.29, 0.717) is 12.5 Å². The standard InChI is InChI=1S/C24H33NO4/c1-15-5-4-11-23(2)13-19-20(21-24(15,23)29-21)18(22(26)28-19)14-25-12-10-16-6-8-17(27-3)9-7-16/h6-9,15,18-21,25H,4-5,10-14H2,1-3H3/t15-,18-,19+,20+,21-,23+,24-/m0/s1. The van der Waals surface area contributed by atoms with Gasteiger partial charge in [0.05, 0.1) is 19.1 Å². The Labute approximate surface area is 173 Å². The fourth-order valence-electron chi connectivity index (χ4n) is 6.75. The number of benzene rings is 1. The van der Waals surface area contributed by atoms with Crippen LogP contribution in [-0.4, -0.2) is 44.0 Å². The number of epoxide rings is 1. The highest BCUT2D eigenvalue weighted by molar-refractivity contribution is 5.76. The highest BCUT2D eigenvalue weighted by Gasteiger charge is 2.78. The van der Waals surface area contributed by atoms with Crippen molar-refractivity contribution in [2.45, 2.75) is 63.8 Å². The predicted octanol–water partition coefficient (Wildman–Crippen LogP) is 3.35. The van der Waals surface area contributed by atoms with Crippen LogP contribution in [0.25, 0.3) is 0 Å². The van der Waals surface area contributed by atoms with E-state index in [1.54, 1.807) is 7.11 Å². The van der Waals surface area contributed by atoms with Crippen LogP contribution < -0.4 is 10.1 Å². The molecule has 2 saturated heterocycles. The molecule has 5 nitrogen and oxygen atoms in total. The molecule has 1 spiro atoms. The van der Waals surface area contributed by atoms with Gasteiger partial charge in [-0.05, 0) is 55.8 Å². The Balaban J connectivity index is 1.21. The van der Waals surface area contributed by atoms with Crippen molar-refractivity contribution in [1.29, 1.82) is 0 Å². The Morgan fingerprint density at radius 3 is 2.83 bits per heavy atom. The van der Waals surface area contributed by atoms with Gasteiger partial charge in [0.25, 0.3) is 0 Å². The van der Waals surface area contributed by atoms with Gasteiger partial charge in [0.1, 0.15) is 17.5 Å². The molecule has 2 aliphatic carbocycles. The minimum atomic E-state index is -0.0843. The van der Waals surface area contributed by atoms with Gasteiger partial charge in [-0.2, -0.15) is 0 Å². The maximum Gasteiger partial charge on any atom is 0.311 e. The third-order valence-corrected chi connectivity index (χ3v) is 8.31. The molecule has 2 saturated carbocycles. The molecule has 29 heavy (non-hydrogen) atoms. The van der Waals surface area contributed by atoms with Crippen molar-refractivity contribution < 1.29 is 19.0 Å². The van der Waals surface area contributed by atoms with E-state index in [2.05, 4.69) is 31.3 Å². The molecule has 0 bridgehead atoms. The van der Waals surface area contributed by atoms with Crippen LogP contribution in [-0.2, 0) is 20.7 Å². The Kier molecular flexibility index (Phi) is 4.67. The van der Waals surface area contributed by atoms with Gasteiger partial charge in [-0.1, -0.05) is 32.4 Å². The van der Waals surface area contributed by atoms with Gasteiger partial charge >= 0.3 is 5.97 Å². The molecule has 5 heteroatoms. The predicted molar refractivity (Wildman–Crippen MR) is 110 cm³/mol. The minimum Gasteiger partial charge on any atom is -0.497 e. The SMILES string of the molecule is COc1ccc(CCNC[C@@H]2C(=O)O[C@@H]3C[C@@]4(C)CCC[C@H](C)[C@@]45O[C@H]5[C@H]23)cc1. The van der Waals surface area contributed by atoms with Gasteiger partial charge in [-0.15, -0.1) is 0 Å². The summed E-state index contributed by atoms with van der Waals surface area (Å²) in [4.78, 5) is 12.7. The Morgan fingerprint density at radius 2 is 2.07 bits per heavy atom. The number of hydrogen-bond donors (Lipinski definition) is 1. The molecular weight excluding hydrogens is 366 g/mol. The first-order valence-corrected chi connectivity index (χ1v) is 11.2. The molecule has 1 aromatic rings. The summed E-state index contributed by atoms with van der Waals surface area (Å²) in [5.74, 6) is 1.55. The van der Waals surface area contributed by atoms with E-state index in [1.807, 2.05) is 12.1 Å². The summed E-state index contributed by atoms with van der Waals surface area (Å²) >= 11 is 0. The number of fused-ring (bicyclic) bond motifs is 2. The second-order valence-electron chi connectivity index (χ2n) is 9.85. The fourth-order valence-corrected chi connectivity index (χ4v) is 6.75. The lowest BCUT2D eigenvalue weighted by molar-refractivity contribution is -0.146. The molecule has 0 aromatic heterocycles. The van der Waals surface area contributed by atoms with Crippen molar-refractivity contribution in [2.75, 3.05) is 20.2 Å². The van der Waals surface area contributed by atoms with Crippen molar-refractivity contribution in [3.8, 4) is 5.75 Å². The van der Waals surface area contributed by atoms with Gasteiger partial charge < -0.3 is 19.5 Å².